The van der Waals surface area contributed by atoms with Gasteiger partial charge in [0.05, 0.1) is 0 Å². The average Bonchev–Trinajstić information content (AvgIpc) is 3.08. The van der Waals surface area contributed by atoms with E-state index in [0.717, 1.165) is 22.8 Å². The van der Waals surface area contributed by atoms with Crippen molar-refractivity contribution >= 4 is 51.9 Å². The minimum Gasteiger partial charge on any atom is -0.461 e. The van der Waals surface area contributed by atoms with Gasteiger partial charge in [-0.1, -0.05) is 5.16 Å². The monoisotopic (exact) mass is 426 g/mol. The van der Waals surface area contributed by atoms with Gasteiger partial charge in [0, 0.05) is 29.9 Å². The fourth-order valence-corrected chi connectivity index (χ4v) is 4.62. The number of carbonyl (C=O) groups excluding carboxylic acids is 3. The van der Waals surface area contributed by atoms with Crippen LogP contribution >= 0.6 is 23.3 Å². The van der Waals surface area contributed by atoms with Crippen LogP contribution in [0.25, 0.3) is 0 Å². The number of nitrogens with zero attached hydrogens (tertiary/aromatic N) is 4. The van der Waals surface area contributed by atoms with Crippen molar-refractivity contribution < 1.29 is 24.0 Å². The molecule has 2 amide bonds. The molecular formula is C15H18N6O5S2. The first-order valence-corrected chi connectivity index (χ1v) is 9.94. The van der Waals surface area contributed by atoms with E-state index in [2.05, 4.69) is 19.8 Å². The maximum atomic E-state index is 12.6. The molecule has 1 saturated heterocycles. The Bertz CT molecular complexity index is 882. The van der Waals surface area contributed by atoms with Gasteiger partial charge in [-0.15, -0.1) is 11.8 Å². The number of nitrogens with two attached hydrogens (primary N) is 1. The van der Waals surface area contributed by atoms with Gasteiger partial charge in [0.25, 0.3) is 11.8 Å². The Balaban J connectivity index is 1.70. The molecule has 2 aliphatic heterocycles. The van der Waals surface area contributed by atoms with Crippen LogP contribution in [0.15, 0.2) is 16.4 Å². The molecule has 1 aromatic heterocycles. The highest BCUT2D eigenvalue weighted by atomic mass is 32.2. The molecule has 1 aromatic rings. The van der Waals surface area contributed by atoms with E-state index >= 15 is 0 Å². The molecule has 0 spiro atoms. The Morgan fingerprint density at radius 2 is 2.21 bits per heavy atom. The smallest absolute Gasteiger partial charge is 0.302 e. The molecule has 0 radical (unpaired) electrons. The summed E-state index contributed by atoms with van der Waals surface area (Å²) in [6.45, 7) is 3.27. The lowest BCUT2D eigenvalue weighted by Crippen LogP contribution is -2.70. The highest BCUT2D eigenvalue weighted by molar-refractivity contribution is 8.00. The second kappa shape index (κ2) is 8.14. The zero-order valence-corrected chi connectivity index (χ0v) is 16.9. The minimum atomic E-state index is -0.722. The zero-order chi connectivity index (χ0) is 20.4. The van der Waals surface area contributed by atoms with Gasteiger partial charge in [-0.25, -0.2) is 0 Å². The van der Waals surface area contributed by atoms with Crippen LogP contribution in [-0.2, 0) is 24.0 Å². The Morgan fingerprint density at radius 3 is 2.82 bits per heavy atom. The number of allylic oxidation sites excluding steroid dienone is 1. The summed E-state index contributed by atoms with van der Waals surface area (Å²) in [5.74, 6) is -0.657. The van der Waals surface area contributed by atoms with Gasteiger partial charge < -0.3 is 20.6 Å². The number of ether oxygens (including phenoxy) is 1. The Labute approximate surface area is 168 Å². The number of aromatic nitrogens is 2. The number of anilines is 1. The van der Waals surface area contributed by atoms with E-state index in [0.29, 0.717) is 5.75 Å². The van der Waals surface area contributed by atoms with Crippen molar-refractivity contribution in [1.82, 2.24) is 19.6 Å². The first-order chi connectivity index (χ1) is 13.3. The third-order valence-electron chi connectivity index (χ3n) is 4.13. The fraction of sp³-hybridized carbons (Fsp3) is 0.467. The van der Waals surface area contributed by atoms with Gasteiger partial charge in [-0.3, -0.25) is 19.3 Å². The minimum absolute atomic E-state index is 0.0292. The van der Waals surface area contributed by atoms with E-state index in [1.807, 2.05) is 0 Å². The highest BCUT2D eigenvalue weighted by Crippen LogP contribution is 2.40. The number of rotatable bonds is 6. The predicted molar refractivity (Wildman–Crippen MR) is 102 cm³/mol. The number of esters is 1. The Hall–Kier alpha value is -2.67. The van der Waals surface area contributed by atoms with E-state index in [4.69, 9.17) is 15.3 Å². The van der Waals surface area contributed by atoms with Crippen molar-refractivity contribution in [2.45, 2.75) is 25.3 Å². The lowest BCUT2D eigenvalue weighted by atomic mass is 10.0. The van der Waals surface area contributed by atoms with Gasteiger partial charge >= 0.3 is 5.97 Å². The number of fused-ring (bicyclic) bond motifs is 1. The molecule has 0 unspecified atom stereocenters. The molecule has 2 aliphatic rings. The van der Waals surface area contributed by atoms with E-state index < -0.39 is 11.9 Å². The number of nitrogens with one attached hydrogen (secondary N) is 1. The summed E-state index contributed by atoms with van der Waals surface area (Å²) in [5, 5.41) is 6.24. The van der Waals surface area contributed by atoms with Gasteiger partial charge in [-0.05, 0) is 12.5 Å². The summed E-state index contributed by atoms with van der Waals surface area (Å²) in [7, 11) is 1.29. The number of oxime groups is 1. The summed E-state index contributed by atoms with van der Waals surface area (Å²) in [6, 6.07) is -0.722. The maximum absolute atomic E-state index is 12.6. The van der Waals surface area contributed by atoms with Crippen molar-refractivity contribution in [3.8, 4) is 0 Å². The van der Waals surface area contributed by atoms with Crippen LogP contribution in [-0.4, -0.2) is 68.6 Å². The molecular weight excluding hydrogens is 408 g/mol. The second-order valence-electron chi connectivity index (χ2n) is 5.91. The van der Waals surface area contributed by atoms with Gasteiger partial charge in [0.2, 0.25) is 11.5 Å². The quantitative estimate of drug-likeness (QED) is 0.271. The number of nitrogen functional groups attached to an aromatic ring is 1. The molecule has 1 fully saturated rings. The normalized spacial score (nSPS) is 21.8. The van der Waals surface area contributed by atoms with Gasteiger partial charge in [-0.2, -0.15) is 9.36 Å². The number of carbonyl (C=O) groups is 3. The van der Waals surface area contributed by atoms with Crippen LogP contribution in [0.4, 0.5) is 5.13 Å². The molecule has 3 N–H and O–H groups in total. The third kappa shape index (κ3) is 3.80. The van der Waals surface area contributed by atoms with Crippen LogP contribution in [0.1, 0.15) is 19.7 Å². The summed E-state index contributed by atoms with van der Waals surface area (Å²) in [6.07, 6.45) is 0. The second-order valence-corrected chi connectivity index (χ2v) is 7.80. The lowest BCUT2D eigenvalue weighted by molar-refractivity contribution is -0.145. The lowest BCUT2D eigenvalue weighted by Gasteiger charge is -2.50. The highest BCUT2D eigenvalue weighted by Gasteiger charge is 2.52. The molecule has 3 rings (SSSR count). The van der Waals surface area contributed by atoms with Crippen molar-refractivity contribution in [3.63, 3.8) is 0 Å². The summed E-state index contributed by atoms with van der Waals surface area (Å²) >= 11 is 2.40. The topological polar surface area (TPSA) is 149 Å². The van der Waals surface area contributed by atoms with E-state index in [1.54, 1.807) is 11.8 Å². The molecule has 13 heteroatoms. The number of hydrogen-bond acceptors (Lipinski definition) is 11. The average molecular weight is 426 g/mol. The largest absolute Gasteiger partial charge is 0.461 e. The third-order valence-corrected chi connectivity index (χ3v) is 6.01. The van der Waals surface area contributed by atoms with Gasteiger partial charge in [0.15, 0.2) is 5.13 Å². The van der Waals surface area contributed by atoms with Crippen molar-refractivity contribution in [2.75, 3.05) is 25.2 Å². The molecule has 28 heavy (non-hydrogen) atoms. The summed E-state index contributed by atoms with van der Waals surface area (Å²) in [5.41, 5.74) is 6.98. The molecule has 0 saturated carbocycles. The van der Waals surface area contributed by atoms with Gasteiger partial charge in [0.1, 0.15) is 25.1 Å². The molecule has 2 atom stereocenters. The van der Waals surface area contributed by atoms with Crippen LogP contribution in [0, 0.1) is 0 Å². The van der Waals surface area contributed by atoms with Crippen LogP contribution < -0.4 is 11.1 Å². The SMILES string of the molecule is CON=C(C(=O)N[C@@H]1C(=O)N2C(C)=C(COC(C)=O)CS[C@H]12)c1nsc(N)n1. The van der Waals surface area contributed by atoms with E-state index in [1.165, 1.54) is 25.8 Å². The van der Waals surface area contributed by atoms with E-state index in [-0.39, 0.29) is 40.5 Å². The standard InChI is InChI=1S/C15H18N6O5S2/c1-6-8(4-26-7(2)22)5-27-14-10(13(24)21(6)14)17-12(23)9(19-25-3)11-18-15(16)28-20-11/h10,14H,4-5H2,1-3H3,(H,17,23)(H2,16,18,20)/t10-,14-/m1/s1. The molecule has 0 bridgehead atoms. The number of amides is 2. The van der Waals surface area contributed by atoms with Crippen molar-refractivity contribution in [2.24, 2.45) is 5.16 Å². The maximum Gasteiger partial charge on any atom is 0.302 e. The van der Waals surface area contributed by atoms with Crippen LogP contribution in [0.2, 0.25) is 0 Å². The Morgan fingerprint density at radius 1 is 1.46 bits per heavy atom. The van der Waals surface area contributed by atoms with Crippen LogP contribution in [0.5, 0.6) is 0 Å². The summed E-state index contributed by atoms with van der Waals surface area (Å²) in [4.78, 5) is 46.4. The molecule has 3 heterocycles. The summed E-state index contributed by atoms with van der Waals surface area (Å²) < 4.78 is 8.97. The molecule has 11 nitrogen and oxygen atoms in total. The first-order valence-electron chi connectivity index (χ1n) is 8.11. The number of β-lactam (4-membered cyclic amide) rings is 1. The van der Waals surface area contributed by atoms with E-state index in [9.17, 15) is 14.4 Å². The fourth-order valence-electron chi connectivity index (χ4n) is 2.74. The zero-order valence-electron chi connectivity index (χ0n) is 15.3. The molecule has 150 valence electrons. The number of thioether (sulfide) groups is 1. The molecule has 0 aromatic carbocycles. The van der Waals surface area contributed by atoms with Crippen molar-refractivity contribution in [1.29, 1.82) is 0 Å². The van der Waals surface area contributed by atoms with Crippen molar-refractivity contribution in [3.05, 3.63) is 17.1 Å². The predicted octanol–water partition coefficient (Wildman–Crippen LogP) is -0.292. The van der Waals surface area contributed by atoms with Crippen LogP contribution in [0.3, 0.4) is 0 Å². The number of hydrogen-bond donors (Lipinski definition) is 2. The first kappa shape index (κ1) is 20.1. The molecule has 0 aliphatic carbocycles. The Kier molecular flexibility index (Phi) is 5.84.